The number of halogens is 6. The van der Waals surface area contributed by atoms with Crippen molar-refractivity contribution in [2.75, 3.05) is 10.6 Å². The molecule has 376 valence electrons. The average molecular weight is 1010 g/mol. The van der Waals surface area contributed by atoms with Gasteiger partial charge >= 0.3 is 12.4 Å². The number of para-hydroxylation sites is 2. The van der Waals surface area contributed by atoms with E-state index in [0.717, 1.165) is 24.3 Å². The molecular weight excluding hydrogens is 975 g/mol. The minimum Gasteiger partial charge on any atom is -0.306 e. The fourth-order valence-corrected chi connectivity index (χ4v) is 7.64. The van der Waals surface area contributed by atoms with E-state index in [0.29, 0.717) is 52.5 Å². The van der Waals surface area contributed by atoms with Gasteiger partial charge in [0.25, 0.3) is 11.8 Å². The van der Waals surface area contributed by atoms with Crippen LogP contribution in [-0.2, 0) is 53.4 Å². The summed E-state index contributed by atoms with van der Waals surface area (Å²) in [5.41, 5.74) is 0.662. The van der Waals surface area contributed by atoms with Crippen LogP contribution in [0.1, 0.15) is 54.9 Å². The summed E-state index contributed by atoms with van der Waals surface area (Å²) < 4.78 is 89.5. The van der Waals surface area contributed by atoms with E-state index >= 15 is 0 Å². The van der Waals surface area contributed by atoms with Crippen molar-refractivity contribution in [2.24, 2.45) is 28.2 Å². The zero-order valence-corrected chi connectivity index (χ0v) is 39.4. The number of amides is 2. The Morgan fingerprint density at radius 2 is 1.00 bits per heavy atom. The summed E-state index contributed by atoms with van der Waals surface area (Å²) in [6.45, 7) is 0. The third-order valence-electron chi connectivity index (χ3n) is 11.1. The second-order valence-corrected chi connectivity index (χ2v) is 16.5. The van der Waals surface area contributed by atoms with Crippen molar-refractivity contribution in [2.45, 2.75) is 25.2 Å². The van der Waals surface area contributed by atoms with Crippen LogP contribution < -0.4 is 10.6 Å². The van der Waals surface area contributed by atoms with Crippen LogP contribution in [-0.4, -0.2) is 91.4 Å². The maximum Gasteiger partial charge on any atom is 0.417 e. The van der Waals surface area contributed by atoms with Gasteiger partial charge in [-0.05, 0) is 88.4 Å². The molecule has 0 atom stereocenters. The van der Waals surface area contributed by atoms with Gasteiger partial charge in [-0.25, -0.2) is 14.0 Å². The summed E-state index contributed by atoms with van der Waals surface area (Å²) >= 11 is 0. The molecule has 0 spiro atoms. The smallest absolute Gasteiger partial charge is 0.306 e. The van der Waals surface area contributed by atoms with E-state index in [1.807, 2.05) is 60.7 Å². The normalized spacial score (nSPS) is 11.6. The van der Waals surface area contributed by atoms with Gasteiger partial charge in [-0.3, -0.25) is 19.0 Å². The molecule has 0 aliphatic carbocycles. The van der Waals surface area contributed by atoms with E-state index in [9.17, 15) is 35.9 Å². The number of tetrazole rings is 2. The van der Waals surface area contributed by atoms with E-state index in [1.165, 1.54) is 60.2 Å². The van der Waals surface area contributed by atoms with Crippen LogP contribution in [0.25, 0.3) is 33.9 Å². The van der Waals surface area contributed by atoms with E-state index < -0.39 is 35.3 Å². The van der Waals surface area contributed by atoms with Crippen molar-refractivity contribution < 1.29 is 35.9 Å². The zero-order chi connectivity index (χ0) is 52.3. The Morgan fingerprint density at radius 1 is 0.527 bits per heavy atom. The minimum atomic E-state index is -4.61. The molecule has 0 bridgehead atoms. The Hall–Kier alpha value is -9.62. The number of aromatic nitrogens is 16. The van der Waals surface area contributed by atoms with Crippen molar-refractivity contribution in [3.8, 4) is 33.9 Å². The lowest BCUT2D eigenvalue weighted by Gasteiger charge is -2.14. The quantitative estimate of drug-likeness (QED) is 0.115. The molecule has 0 saturated carbocycles. The number of rotatable bonds is 12. The Morgan fingerprint density at radius 3 is 1.39 bits per heavy atom. The van der Waals surface area contributed by atoms with Crippen molar-refractivity contribution in [1.29, 1.82) is 0 Å². The molecule has 6 heterocycles. The van der Waals surface area contributed by atoms with Gasteiger partial charge in [0.15, 0.2) is 11.6 Å². The number of alkyl halides is 6. The van der Waals surface area contributed by atoms with Gasteiger partial charge in [-0.15, -0.1) is 15.3 Å². The van der Waals surface area contributed by atoms with Crippen LogP contribution in [0.3, 0.4) is 0 Å². The molecule has 0 saturated heterocycles. The predicted octanol–water partition coefficient (Wildman–Crippen LogP) is 7.32. The van der Waals surface area contributed by atoms with E-state index in [-0.39, 0.29) is 40.1 Å². The average Bonchev–Trinajstić information content (AvgIpc) is 4.27. The first-order valence-electron chi connectivity index (χ1n) is 22.1. The van der Waals surface area contributed by atoms with Crippen LogP contribution in [0.2, 0.25) is 0 Å². The van der Waals surface area contributed by atoms with Gasteiger partial charge in [-0.1, -0.05) is 36.4 Å². The Kier molecular flexibility index (Phi) is 13.5. The molecule has 0 aliphatic rings. The molecule has 0 aliphatic heterocycles. The van der Waals surface area contributed by atoms with Crippen molar-refractivity contribution in [3.63, 3.8) is 0 Å². The molecule has 20 nitrogen and oxygen atoms in total. The molecule has 26 heteroatoms. The Balaban J connectivity index is 0.000000182. The Labute approximate surface area is 414 Å². The summed E-state index contributed by atoms with van der Waals surface area (Å²) in [7, 11) is 6.56. The molecule has 74 heavy (non-hydrogen) atoms. The molecule has 0 radical (unpaired) electrons. The molecule has 10 aromatic rings. The van der Waals surface area contributed by atoms with E-state index in [4.69, 9.17) is 0 Å². The Bertz CT molecular complexity index is 3610. The van der Waals surface area contributed by atoms with Gasteiger partial charge in [0.05, 0.1) is 65.2 Å². The van der Waals surface area contributed by atoms with Crippen LogP contribution in [0.4, 0.5) is 38.0 Å². The fourth-order valence-electron chi connectivity index (χ4n) is 7.64. The minimum absolute atomic E-state index is 0.0339. The number of nitrogens with zero attached hydrogens (tertiary/aromatic N) is 16. The lowest BCUT2D eigenvalue weighted by atomic mass is 10.0. The second kappa shape index (κ2) is 20.2. The highest BCUT2D eigenvalue weighted by Crippen LogP contribution is 2.39. The number of carbonyl (C=O) groups excluding carboxylic acids is 2. The lowest BCUT2D eigenvalue weighted by Crippen LogP contribution is -2.16. The highest BCUT2D eigenvalue weighted by molar-refractivity contribution is 6.05. The van der Waals surface area contributed by atoms with Crippen LogP contribution in [0, 0.1) is 0 Å². The van der Waals surface area contributed by atoms with Crippen LogP contribution >= 0.6 is 0 Å². The van der Waals surface area contributed by atoms with Gasteiger partial charge in [0.2, 0.25) is 0 Å². The maximum atomic E-state index is 13.7. The monoisotopic (exact) mass is 1010 g/mol. The van der Waals surface area contributed by atoms with Gasteiger partial charge in [-0.2, -0.15) is 51.5 Å². The van der Waals surface area contributed by atoms with E-state index in [1.54, 1.807) is 45.0 Å². The molecule has 6 aromatic heterocycles. The van der Waals surface area contributed by atoms with Crippen molar-refractivity contribution in [1.82, 2.24) is 79.5 Å². The van der Waals surface area contributed by atoms with Gasteiger partial charge in [0, 0.05) is 67.9 Å². The molecule has 10 rings (SSSR count). The second-order valence-electron chi connectivity index (χ2n) is 16.5. The number of nitrogens with one attached hydrogen (secondary N) is 2. The summed E-state index contributed by atoms with van der Waals surface area (Å²) in [6, 6.07) is 30.9. The topological polar surface area (TPSA) is 217 Å². The SMILES string of the molecule is Cn1ccc(-c2cc(C(=O)Nc3cc(Cc4nnn(C)n4)nn3-c3ccccc3)ccc2C(F)(F)F)n1.Cn1ccc(-c2cc(C(=O)Nc3cc(Cc4nnnn4C)nn3-c3ccccc3)ccc2C(F)(F)F)n1. The summed E-state index contributed by atoms with van der Waals surface area (Å²) in [4.78, 5) is 27.8. The number of anilines is 2. The highest BCUT2D eigenvalue weighted by Gasteiger charge is 2.36. The maximum absolute atomic E-state index is 13.7. The number of hydrogen-bond acceptors (Lipinski definition) is 12. The summed E-state index contributed by atoms with van der Waals surface area (Å²) in [5, 5.41) is 46.2. The van der Waals surface area contributed by atoms with Crippen LogP contribution in [0.15, 0.2) is 134 Å². The van der Waals surface area contributed by atoms with Crippen molar-refractivity contribution in [3.05, 3.63) is 179 Å². The number of aryl methyl sites for hydroxylation is 4. The molecule has 2 N–H and O–H groups in total. The number of hydrogen-bond donors (Lipinski definition) is 2. The standard InChI is InChI=1S/2C24H20F3N9O/c1-34-11-10-20(31-34)18-12-15(8-9-19(18)24(25,26)27)23(37)28-22-14-16(13-21-29-33-35(2)32-21)30-36(22)17-6-4-3-5-7-17;1-34-11-10-20(31-34)18-12-15(8-9-19(18)24(25,26)27)23(37)28-21-13-16(14-22-29-32-33-35(22)2)30-36(21)17-6-4-3-5-7-17/h3-12,14H,13H2,1-2H3,(H,28,37);3-13H,14H2,1-2H3,(H,28,37). The lowest BCUT2D eigenvalue weighted by molar-refractivity contribution is -0.137. The predicted molar refractivity (Wildman–Crippen MR) is 254 cm³/mol. The first kappa shape index (κ1) is 49.4. The van der Waals surface area contributed by atoms with Gasteiger partial charge < -0.3 is 10.6 Å². The van der Waals surface area contributed by atoms with Crippen molar-refractivity contribution >= 4 is 23.5 Å². The summed E-state index contributed by atoms with van der Waals surface area (Å²) in [5.74, 6) is 0.469. The molecule has 4 aromatic carbocycles. The zero-order valence-electron chi connectivity index (χ0n) is 39.4. The summed E-state index contributed by atoms with van der Waals surface area (Å²) in [6.07, 6.45) is -5.59. The first-order valence-corrected chi connectivity index (χ1v) is 22.1. The van der Waals surface area contributed by atoms with E-state index in [2.05, 4.69) is 62.0 Å². The number of benzene rings is 4. The molecular formula is C48H40F6N18O2. The molecule has 0 fully saturated rings. The fraction of sp³-hybridized carbons (Fsp3) is 0.167. The third kappa shape index (κ3) is 11.1. The third-order valence-corrected chi connectivity index (χ3v) is 11.1. The molecule has 2 amide bonds. The van der Waals surface area contributed by atoms with Crippen LogP contribution in [0.5, 0.6) is 0 Å². The number of carbonyl (C=O) groups is 2. The van der Waals surface area contributed by atoms with Gasteiger partial charge in [0.1, 0.15) is 11.6 Å². The molecule has 0 unspecified atom stereocenters. The largest absolute Gasteiger partial charge is 0.417 e. The first-order chi connectivity index (χ1) is 35.4. The highest BCUT2D eigenvalue weighted by atomic mass is 19.4.